The number of methoxy groups -OCH3 is 3. The minimum absolute atomic E-state index is 0.332. The lowest BCUT2D eigenvalue weighted by Crippen LogP contribution is -1.96. The van der Waals surface area contributed by atoms with Gasteiger partial charge in [-0.2, -0.15) is 10.1 Å². The normalized spacial score (nSPS) is 10.7. The number of aromatic nitrogens is 4. The predicted octanol–water partition coefficient (Wildman–Crippen LogP) is 3.82. The zero-order valence-corrected chi connectivity index (χ0v) is 15.6. The van der Waals surface area contributed by atoms with Crippen molar-refractivity contribution in [1.82, 2.24) is 20.3 Å². The van der Waals surface area contributed by atoms with Gasteiger partial charge in [0.15, 0.2) is 11.5 Å². The molecule has 0 aliphatic heterocycles. The molecule has 8 heteroatoms. The molecule has 0 aliphatic rings. The summed E-state index contributed by atoms with van der Waals surface area (Å²) in [5.41, 5.74) is 3.09. The molecule has 0 aliphatic carbocycles. The lowest BCUT2D eigenvalue weighted by atomic mass is 10.1. The molecule has 142 valence electrons. The van der Waals surface area contributed by atoms with Crippen molar-refractivity contribution >= 4 is 0 Å². The Morgan fingerprint density at radius 2 is 1.57 bits per heavy atom. The van der Waals surface area contributed by atoms with Gasteiger partial charge in [-0.15, -0.1) is 0 Å². The molecule has 0 saturated carbocycles. The Labute approximate surface area is 161 Å². The van der Waals surface area contributed by atoms with Gasteiger partial charge in [-0.25, -0.2) is 0 Å². The number of hydrogen-bond donors (Lipinski definition) is 1. The third-order valence-corrected chi connectivity index (χ3v) is 4.23. The van der Waals surface area contributed by atoms with Crippen molar-refractivity contribution in [3.8, 4) is 51.5 Å². The second-order valence-corrected chi connectivity index (χ2v) is 5.87. The van der Waals surface area contributed by atoms with E-state index < -0.39 is 0 Å². The van der Waals surface area contributed by atoms with Crippen molar-refractivity contribution in [3.63, 3.8) is 0 Å². The van der Waals surface area contributed by atoms with Crippen molar-refractivity contribution in [1.29, 1.82) is 0 Å². The summed E-state index contributed by atoms with van der Waals surface area (Å²) in [5.74, 6) is 2.24. The highest BCUT2D eigenvalue weighted by Gasteiger charge is 2.18. The fourth-order valence-electron chi connectivity index (χ4n) is 2.85. The van der Waals surface area contributed by atoms with Crippen molar-refractivity contribution in [2.45, 2.75) is 0 Å². The highest BCUT2D eigenvalue weighted by atomic mass is 16.5. The van der Waals surface area contributed by atoms with Gasteiger partial charge >= 0.3 is 0 Å². The summed E-state index contributed by atoms with van der Waals surface area (Å²) < 4.78 is 21.5. The smallest absolute Gasteiger partial charge is 0.276 e. The first-order chi connectivity index (χ1) is 13.7. The first-order valence-electron chi connectivity index (χ1n) is 8.48. The van der Waals surface area contributed by atoms with Crippen LogP contribution in [0.3, 0.4) is 0 Å². The molecule has 8 nitrogen and oxygen atoms in total. The second-order valence-electron chi connectivity index (χ2n) is 5.87. The Morgan fingerprint density at radius 1 is 0.857 bits per heavy atom. The minimum Gasteiger partial charge on any atom is -0.493 e. The molecule has 0 radical (unpaired) electrons. The highest BCUT2D eigenvalue weighted by molar-refractivity contribution is 5.68. The Balaban J connectivity index is 1.68. The van der Waals surface area contributed by atoms with Gasteiger partial charge in [-0.05, 0) is 18.2 Å². The molecular weight excluding hydrogens is 360 g/mol. The molecule has 1 N–H and O–H groups in total. The van der Waals surface area contributed by atoms with Crippen LogP contribution in [0.5, 0.6) is 17.2 Å². The minimum atomic E-state index is 0.332. The number of nitrogens with zero attached hydrogens (tertiary/aromatic N) is 3. The number of H-pyrrole nitrogens is 1. The molecule has 0 saturated heterocycles. The first-order valence-corrected chi connectivity index (χ1v) is 8.48. The van der Waals surface area contributed by atoms with Crippen LogP contribution in [0.25, 0.3) is 34.2 Å². The van der Waals surface area contributed by atoms with Gasteiger partial charge in [0.2, 0.25) is 11.6 Å². The Bertz CT molecular complexity index is 1060. The number of ether oxygens (including phenoxy) is 3. The van der Waals surface area contributed by atoms with Crippen LogP contribution in [0.4, 0.5) is 0 Å². The maximum atomic E-state index is 5.41. The Hall–Kier alpha value is -3.81. The van der Waals surface area contributed by atoms with Crippen molar-refractivity contribution < 1.29 is 18.7 Å². The molecule has 2 aromatic heterocycles. The number of nitrogens with one attached hydrogen (secondary N) is 1. The third-order valence-electron chi connectivity index (χ3n) is 4.23. The van der Waals surface area contributed by atoms with Gasteiger partial charge < -0.3 is 18.7 Å². The molecule has 0 spiro atoms. The summed E-state index contributed by atoms with van der Waals surface area (Å²) in [7, 11) is 4.66. The van der Waals surface area contributed by atoms with E-state index in [9.17, 15) is 0 Å². The molecule has 0 amide bonds. The molecule has 2 heterocycles. The summed E-state index contributed by atoms with van der Waals surface area (Å²) in [6.45, 7) is 0. The van der Waals surface area contributed by atoms with Crippen molar-refractivity contribution in [2.24, 2.45) is 0 Å². The van der Waals surface area contributed by atoms with E-state index in [1.807, 2.05) is 36.4 Å². The molecule has 0 bridgehead atoms. The van der Waals surface area contributed by atoms with Crippen LogP contribution < -0.4 is 14.2 Å². The van der Waals surface area contributed by atoms with Crippen LogP contribution in [-0.4, -0.2) is 41.7 Å². The molecule has 4 aromatic rings. The Kier molecular flexibility index (Phi) is 4.67. The number of rotatable bonds is 6. The number of benzene rings is 2. The van der Waals surface area contributed by atoms with Gasteiger partial charge in [0.1, 0.15) is 5.69 Å². The molecular formula is C20H18N4O4. The summed E-state index contributed by atoms with van der Waals surface area (Å²) in [5, 5.41) is 11.3. The summed E-state index contributed by atoms with van der Waals surface area (Å²) in [4.78, 5) is 4.46. The maximum absolute atomic E-state index is 5.41. The van der Waals surface area contributed by atoms with E-state index in [4.69, 9.17) is 18.7 Å². The van der Waals surface area contributed by atoms with Gasteiger partial charge in [-0.3, -0.25) is 5.10 Å². The molecule has 28 heavy (non-hydrogen) atoms. The lowest BCUT2D eigenvalue weighted by molar-refractivity contribution is 0.324. The average Bonchev–Trinajstić information content (AvgIpc) is 3.43. The Morgan fingerprint density at radius 3 is 2.21 bits per heavy atom. The number of hydrogen-bond acceptors (Lipinski definition) is 7. The van der Waals surface area contributed by atoms with Crippen LogP contribution in [0.2, 0.25) is 0 Å². The SMILES string of the molecule is COc1cc(-c2noc(-c3cc(-c4ccccc4)n[nH]3)n2)cc(OC)c1OC. The zero-order chi connectivity index (χ0) is 19.5. The van der Waals surface area contributed by atoms with Crippen LogP contribution in [0.15, 0.2) is 53.1 Å². The van der Waals surface area contributed by atoms with E-state index in [0.29, 0.717) is 40.2 Å². The van der Waals surface area contributed by atoms with E-state index >= 15 is 0 Å². The summed E-state index contributed by atoms with van der Waals surface area (Å²) in [6.07, 6.45) is 0. The first kappa shape index (κ1) is 17.6. The molecule has 0 fully saturated rings. The quantitative estimate of drug-likeness (QED) is 0.545. The van der Waals surface area contributed by atoms with Gasteiger partial charge in [0.25, 0.3) is 5.89 Å². The average molecular weight is 378 g/mol. The maximum Gasteiger partial charge on any atom is 0.276 e. The van der Waals surface area contributed by atoms with E-state index in [-0.39, 0.29) is 0 Å². The number of aromatic amines is 1. The molecule has 4 rings (SSSR count). The fourth-order valence-corrected chi connectivity index (χ4v) is 2.85. The monoisotopic (exact) mass is 378 g/mol. The fraction of sp³-hybridized carbons (Fsp3) is 0.150. The van der Waals surface area contributed by atoms with Crippen molar-refractivity contribution in [3.05, 3.63) is 48.5 Å². The summed E-state index contributed by atoms with van der Waals surface area (Å²) >= 11 is 0. The van der Waals surface area contributed by atoms with Crippen molar-refractivity contribution in [2.75, 3.05) is 21.3 Å². The van der Waals surface area contributed by atoms with Crippen LogP contribution in [0, 0.1) is 0 Å². The van der Waals surface area contributed by atoms with E-state index in [1.54, 1.807) is 33.5 Å². The summed E-state index contributed by atoms with van der Waals surface area (Å²) in [6, 6.07) is 15.2. The van der Waals surface area contributed by atoms with E-state index in [2.05, 4.69) is 20.3 Å². The van der Waals surface area contributed by atoms with Gasteiger partial charge in [0, 0.05) is 11.1 Å². The predicted molar refractivity (Wildman–Crippen MR) is 102 cm³/mol. The van der Waals surface area contributed by atoms with Gasteiger partial charge in [-0.1, -0.05) is 35.5 Å². The van der Waals surface area contributed by atoms with E-state index in [1.165, 1.54) is 0 Å². The third kappa shape index (κ3) is 3.16. The molecule has 2 aromatic carbocycles. The van der Waals surface area contributed by atoms with Crippen LogP contribution in [0.1, 0.15) is 0 Å². The largest absolute Gasteiger partial charge is 0.493 e. The van der Waals surface area contributed by atoms with E-state index in [0.717, 1.165) is 11.3 Å². The van der Waals surface area contributed by atoms with Crippen LogP contribution in [-0.2, 0) is 0 Å². The molecule has 0 unspecified atom stereocenters. The lowest BCUT2D eigenvalue weighted by Gasteiger charge is -2.12. The molecule has 0 atom stereocenters. The standard InChI is InChI=1S/C20H18N4O4/c1-25-16-9-13(10-17(26-2)18(16)27-3)19-21-20(28-24-19)15-11-14(22-23-15)12-7-5-4-6-8-12/h4-11H,1-3H3,(H,22,23). The van der Waals surface area contributed by atoms with Gasteiger partial charge in [0.05, 0.1) is 27.0 Å². The van der Waals surface area contributed by atoms with Crippen LogP contribution >= 0.6 is 0 Å². The zero-order valence-electron chi connectivity index (χ0n) is 15.6. The second kappa shape index (κ2) is 7.43. The topological polar surface area (TPSA) is 95.3 Å². The highest BCUT2D eigenvalue weighted by Crippen LogP contribution is 2.40.